The number of benzene rings is 1. The van der Waals surface area contributed by atoms with Crippen LogP contribution < -0.4 is 10.1 Å². The molecule has 0 amide bonds. The third-order valence-electron chi connectivity index (χ3n) is 9.95. The molecule has 0 bridgehead atoms. The topological polar surface area (TPSA) is 116 Å². The second kappa shape index (κ2) is 12.4. The molecule has 3 fully saturated rings. The number of nitrogens with one attached hydrogen (secondary N) is 1. The van der Waals surface area contributed by atoms with Crippen LogP contribution in [0, 0.1) is 41.4 Å². The molecule has 8 unspecified atom stereocenters. The molecule has 4 aliphatic rings. The summed E-state index contributed by atoms with van der Waals surface area (Å²) in [5.41, 5.74) is 1.68. The lowest BCUT2D eigenvalue weighted by atomic mass is 9.61. The Hall–Kier alpha value is -2.40. The van der Waals surface area contributed by atoms with E-state index in [-0.39, 0.29) is 30.5 Å². The molecule has 4 N–H and O–H groups in total. The van der Waals surface area contributed by atoms with Crippen LogP contribution in [0.4, 0.5) is 0 Å². The van der Waals surface area contributed by atoms with Crippen LogP contribution in [0.2, 0.25) is 0 Å². The molecule has 0 aromatic heterocycles. The van der Waals surface area contributed by atoms with E-state index in [1.54, 1.807) is 12.1 Å². The molecule has 5 rings (SSSR count). The number of Topliss-reactive ketones (excluding diaryl/α,β-unsaturated/α-hetero) is 2. The van der Waals surface area contributed by atoms with Crippen LogP contribution in [0.3, 0.4) is 0 Å². The number of hydrogen-bond acceptors (Lipinski definition) is 7. The number of methoxy groups -OCH3 is 1. The number of hydrogen-bond donors (Lipinski definition) is 4. The molecule has 7 heteroatoms. The molecule has 8 atom stereocenters. The van der Waals surface area contributed by atoms with E-state index in [1.807, 2.05) is 0 Å². The average molecular weight is 538 g/mol. The van der Waals surface area contributed by atoms with E-state index in [0.29, 0.717) is 66.9 Å². The number of ether oxygens (including phenoxy) is 1. The fourth-order valence-electron chi connectivity index (χ4n) is 7.85. The molecule has 1 heterocycles. The molecule has 1 aromatic carbocycles. The number of aryl methyl sites for hydroxylation is 1. The van der Waals surface area contributed by atoms with Crippen molar-refractivity contribution in [2.75, 3.05) is 20.3 Å². The van der Waals surface area contributed by atoms with Gasteiger partial charge in [0.05, 0.1) is 13.2 Å². The van der Waals surface area contributed by atoms with Gasteiger partial charge < -0.3 is 25.4 Å². The smallest absolute Gasteiger partial charge is 0.160 e. The second-order valence-corrected chi connectivity index (χ2v) is 12.2. The van der Waals surface area contributed by atoms with Crippen LogP contribution in [0.25, 0.3) is 0 Å². The zero-order chi connectivity index (χ0) is 27.5. The molecule has 39 heavy (non-hydrogen) atoms. The van der Waals surface area contributed by atoms with Crippen molar-refractivity contribution in [2.45, 2.75) is 88.7 Å². The molecule has 2 saturated carbocycles. The normalized spacial score (nSPS) is 33.3. The number of ketones is 2. The molecule has 0 spiro atoms. The highest BCUT2D eigenvalue weighted by molar-refractivity contribution is 5.85. The third-order valence-corrected chi connectivity index (χ3v) is 9.95. The standard InChI is InChI=1S/C32H43NO6/c1-39-32-15-21-5-11-30(37)26(8-4-20(12-13-34)27(21)17-31(32)38)29(36)10-3-19-2-7-24-22(14-19)18-33-28-16-23(35)6-9-25(24)28/h15,17,19-20,22,24-26,28-29,33-34,36,38H,2-3,5-7,9-14,16,18H2,1H3. The fourth-order valence-corrected chi connectivity index (χ4v) is 7.85. The van der Waals surface area contributed by atoms with Crippen molar-refractivity contribution in [1.29, 1.82) is 0 Å². The van der Waals surface area contributed by atoms with E-state index in [9.17, 15) is 24.9 Å². The molecule has 0 radical (unpaired) electrons. The van der Waals surface area contributed by atoms with Crippen molar-refractivity contribution < 1.29 is 29.6 Å². The first kappa shape index (κ1) is 28.1. The van der Waals surface area contributed by atoms with Crippen LogP contribution in [0.1, 0.15) is 81.3 Å². The highest BCUT2D eigenvalue weighted by atomic mass is 16.5. The number of aromatic hydroxyl groups is 1. The number of fused-ring (bicyclic) bond motifs is 4. The largest absolute Gasteiger partial charge is 0.504 e. The van der Waals surface area contributed by atoms with Gasteiger partial charge in [-0.25, -0.2) is 0 Å². The number of carbonyl (C=O) groups excluding carboxylic acids is 2. The Labute approximate surface area is 231 Å². The zero-order valence-electron chi connectivity index (χ0n) is 23.0. The molecular weight excluding hydrogens is 494 g/mol. The minimum atomic E-state index is -0.820. The van der Waals surface area contributed by atoms with Gasteiger partial charge >= 0.3 is 0 Å². The van der Waals surface area contributed by atoms with Gasteiger partial charge in [-0.05, 0) is 98.4 Å². The minimum Gasteiger partial charge on any atom is -0.504 e. The van der Waals surface area contributed by atoms with Gasteiger partial charge in [0, 0.05) is 37.8 Å². The van der Waals surface area contributed by atoms with E-state index in [0.717, 1.165) is 49.8 Å². The average Bonchev–Trinajstić information content (AvgIpc) is 2.99. The van der Waals surface area contributed by atoms with Crippen LogP contribution in [0.5, 0.6) is 11.5 Å². The number of aliphatic hydroxyl groups is 2. The van der Waals surface area contributed by atoms with E-state index in [1.165, 1.54) is 13.5 Å². The molecule has 1 saturated heterocycles. The molecular formula is C32H43NO6. The van der Waals surface area contributed by atoms with E-state index in [4.69, 9.17) is 4.74 Å². The molecule has 212 valence electrons. The van der Waals surface area contributed by atoms with E-state index >= 15 is 0 Å². The van der Waals surface area contributed by atoms with Gasteiger partial charge in [0.25, 0.3) is 0 Å². The van der Waals surface area contributed by atoms with Gasteiger partial charge in [0.1, 0.15) is 11.7 Å². The summed E-state index contributed by atoms with van der Waals surface area (Å²) < 4.78 is 5.27. The van der Waals surface area contributed by atoms with Gasteiger partial charge in [0.2, 0.25) is 0 Å². The second-order valence-electron chi connectivity index (χ2n) is 12.2. The Balaban J connectivity index is 1.22. The Morgan fingerprint density at radius 2 is 1.92 bits per heavy atom. The lowest BCUT2D eigenvalue weighted by molar-refractivity contribution is -0.124. The first-order valence-corrected chi connectivity index (χ1v) is 14.9. The number of phenolic OH excluding ortho intramolecular Hbond substituents is 1. The lowest BCUT2D eigenvalue weighted by Gasteiger charge is -2.49. The minimum absolute atomic E-state index is 0.0125. The quantitative estimate of drug-likeness (QED) is 0.394. The van der Waals surface area contributed by atoms with E-state index in [2.05, 4.69) is 17.2 Å². The molecule has 7 nitrogen and oxygen atoms in total. The van der Waals surface area contributed by atoms with Crippen molar-refractivity contribution in [2.24, 2.45) is 29.6 Å². The van der Waals surface area contributed by atoms with Gasteiger partial charge in [-0.1, -0.05) is 18.3 Å². The summed E-state index contributed by atoms with van der Waals surface area (Å²) in [5.74, 6) is 8.38. The number of carbonyl (C=O) groups is 2. The number of aliphatic hydroxyl groups excluding tert-OH is 2. The van der Waals surface area contributed by atoms with Crippen molar-refractivity contribution in [3.05, 3.63) is 23.3 Å². The Morgan fingerprint density at radius 3 is 2.72 bits per heavy atom. The van der Waals surface area contributed by atoms with Crippen LogP contribution >= 0.6 is 0 Å². The first-order valence-electron chi connectivity index (χ1n) is 14.9. The predicted octanol–water partition coefficient (Wildman–Crippen LogP) is 3.52. The highest BCUT2D eigenvalue weighted by Gasteiger charge is 2.44. The third kappa shape index (κ3) is 6.19. The van der Waals surface area contributed by atoms with E-state index < -0.39 is 12.0 Å². The van der Waals surface area contributed by atoms with Gasteiger partial charge in [-0.2, -0.15) is 0 Å². The van der Waals surface area contributed by atoms with Crippen molar-refractivity contribution in [3.63, 3.8) is 0 Å². The zero-order valence-corrected chi connectivity index (χ0v) is 23.0. The Morgan fingerprint density at radius 1 is 1.08 bits per heavy atom. The molecule has 1 aromatic rings. The fraction of sp³-hybridized carbons (Fsp3) is 0.688. The summed E-state index contributed by atoms with van der Waals surface area (Å²) in [6.45, 7) is 0.918. The number of piperidine rings is 1. The van der Waals surface area contributed by atoms with Gasteiger partial charge in [-0.15, -0.1) is 0 Å². The van der Waals surface area contributed by atoms with Gasteiger partial charge in [-0.3, -0.25) is 9.59 Å². The van der Waals surface area contributed by atoms with Crippen LogP contribution in [-0.4, -0.2) is 59.3 Å². The number of phenols is 1. The van der Waals surface area contributed by atoms with Crippen LogP contribution in [0.15, 0.2) is 12.1 Å². The summed E-state index contributed by atoms with van der Waals surface area (Å²) >= 11 is 0. The SMILES string of the molecule is COc1cc2c(cc1O)C(CCO)C#CC(C(O)CCC1CCC3C(CNC4CC(=O)CCC43)C1)C(=O)CC2. The van der Waals surface area contributed by atoms with Gasteiger partial charge in [0.15, 0.2) is 17.3 Å². The maximum Gasteiger partial charge on any atom is 0.160 e. The summed E-state index contributed by atoms with van der Waals surface area (Å²) in [6, 6.07) is 3.75. The van der Waals surface area contributed by atoms with Crippen molar-refractivity contribution in [1.82, 2.24) is 5.32 Å². The summed E-state index contributed by atoms with van der Waals surface area (Å²) in [5, 5.41) is 34.9. The molecule has 3 aliphatic carbocycles. The lowest BCUT2D eigenvalue weighted by Crippen LogP contribution is -2.54. The first-order chi connectivity index (χ1) is 18.9. The van der Waals surface area contributed by atoms with Crippen molar-refractivity contribution in [3.8, 4) is 23.3 Å². The van der Waals surface area contributed by atoms with Crippen LogP contribution in [-0.2, 0) is 16.0 Å². The maximum atomic E-state index is 13.2. The molecule has 1 aliphatic heterocycles. The number of rotatable bonds is 7. The monoisotopic (exact) mass is 537 g/mol. The van der Waals surface area contributed by atoms with Crippen molar-refractivity contribution >= 4 is 11.6 Å². The Kier molecular flexibility index (Phi) is 8.96. The highest BCUT2D eigenvalue weighted by Crippen LogP contribution is 2.46. The Bertz CT molecular complexity index is 1120. The summed E-state index contributed by atoms with van der Waals surface area (Å²) in [7, 11) is 1.49. The summed E-state index contributed by atoms with van der Waals surface area (Å²) in [4.78, 5) is 25.1. The maximum absolute atomic E-state index is 13.2. The summed E-state index contributed by atoms with van der Waals surface area (Å²) in [6.07, 6.45) is 7.66. The predicted molar refractivity (Wildman–Crippen MR) is 147 cm³/mol.